The van der Waals surface area contributed by atoms with Gasteiger partial charge in [0, 0.05) is 17.6 Å². The summed E-state index contributed by atoms with van der Waals surface area (Å²) in [6, 6.07) is 10.9. The molecule has 6 nitrogen and oxygen atoms in total. The van der Waals surface area contributed by atoms with Crippen LogP contribution in [-0.2, 0) is 4.74 Å². The Bertz CT molecular complexity index is 657. The van der Waals surface area contributed by atoms with Crippen LogP contribution < -0.4 is 10.2 Å². The topological polar surface area (TPSA) is 67.4 Å². The fraction of sp³-hybridized carbons (Fsp3) is 0.267. The fourth-order valence-electron chi connectivity index (χ4n) is 2.16. The van der Waals surface area contributed by atoms with Crippen LogP contribution in [0.5, 0.6) is 0 Å². The van der Waals surface area contributed by atoms with Gasteiger partial charge in [0.2, 0.25) is 0 Å². The summed E-state index contributed by atoms with van der Waals surface area (Å²) in [5, 5.41) is 11.0. The summed E-state index contributed by atoms with van der Waals surface area (Å²) in [6.07, 6.45) is 0. The lowest BCUT2D eigenvalue weighted by molar-refractivity contribution is 0.102. The number of carbonyl (C=O) groups is 1. The number of anilines is 2. The van der Waals surface area contributed by atoms with E-state index in [0.717, 1.165) is 23.4 Å². The molecule has 1 aromatic carbocycles. The maximum atomic E-state index is 12.2. The lowest BCUT2D eigenvalue weighted by atomic mass is 10.3. The Hall–Kier alpha value is -1.99. The Morgan fingerprint density at radius 2 is 1.91 bits per heavy atom. The predicted molar refractivity (Wildman–Crippen MR) is 87.2 cm³/mol. The van der Waals surface area contributed by atoms with Crippen molar-refractivity contribution in [3.8, 4) is 0 Å². The minimum atomic E-state index is -0.284. The summed E-state index contributed by atoms with van der Waals surface area (Å²) in [6.45, 7) is 2.95. The van der Waals surface area contributed by atoms with Crippen LogP contribution >= 0.6 is 15.9 Å². The molecule has 1 aromatic heterocycles. The molecule has 0 spiro atoms. The van der Waals surface area contributed by atoms with E-state index in [2.05, 4.69) is 36.3 Å². The van der Waals surface area contributed by atoms with Gasteiger partial charge in [0.25, 0.3) is 5.91 Å². The number of para-hydroxylation sites is 1. The maximum Gasteiger partial charge on any atom is 0.276 e. The quantitative estimate of drug-likeness (QED) is 0.907. The molecule has 0 aliphatic carbocycles. The average Bonchev–Trinajstić information content (AvgIpc) is 2.58. The van der Waals surface area contributed by atoms with E-state index in [-0.39, 0.29) is 11.6 Å². The number of aromatic nitrogens is 2. The normalized spacial score (nSPS) is 14.7. The SMILES string of the molecule is O=C(Nc1ccccc1Br)c1ccc(N2CCOCC2)nn1. The molecule has 3 rings (SSSR count). The van der Waals surface area contributed by atoms with Gasteiger partial charge in [-0.25, -0.2) is 0 Å². The van der Waals surface area contributed by atoms with Crippen molar-refractivity contribution in [3.05, 3.63) is 46.6 Å². The Morgan fingerprint density at radius 3 is 2.59 bits per heavy atom. The van der Waals surface area contributed by atoms with E-state index in [0.29, 0.717) is 18.9 Å². The lowest BCUT2D eigenvalue weighted by Crippen LogP contribution is -2.37. The van der Waals surface area contributed by atoms with Gasteiger partial charge in [0.15, 0.2) is 11.5 Å². The van der Waals surface area contributed by atoms with E-state index < -0.39 is 0 Å². The van der Waals surface area contributed by atoms with Crippen LogP contribution in [0.3, 0.4) is 0 Å². The summed E-state index contributed by atoms with van der Waals surface area (Å²) in [7, 11) is 0. The first-order chi connectivity index (χ1) is 10.7. The van der Waals surface area contributed by atoms with E-state index in [1.165, 1.54) is 0 Å². The monoisotopic (exact) mass is 362 g/mol. The van der Waals surface area contributed by atoms with Crippen molar-refractivity contribution in [3.63, 3.8) is 0 Å². The molecule has 1 aliphatic heterocycles. The van der Waals surface area contributed by atoms with Gasteiger partial charge in [-0.15, -0.1) is 10.2 Å². The molecule has 0 atom stereocenters. The third-order valence-electron chi connectivity index (χ3n) is 3.34. The van der Waals surface area contributed by atoms with Crippen LogP contribution in [0.2, 0.25) is 0 Å². The summed E-state index contributed by atoms with van der Waals surface area (Å²) >= 11 is 3.39. The van der Waals surface area contributed by atoms with E-state index in [1.807, 2.05) is 30.3 Å². The second-order valence-corrected chi connectivity index (χ2v) is 5.66. The number of halogens is 1. The third-order valence-corrected chi connectivity index (χ3v) is 4.03. The number of hydrogen-bond donors (Lipinski definition) is 1. The van der Waals surface area contributed by atoms with Gasteiger partial charge in [0.1, 0.15) is 0 Å². The van der Waals surface area contributed by atoms with E-state index >= 15 is 0 Å². The Balaban J connectivity index is 1.69. The summed E-state index contributed by atoms with van der Waals surface area (Å²) in [5.74, 6) is 0.480. The van der Waals surface area contributed by atoms with Crippen molar-refractivity contribution in [2.75, 3.05) is 36.5 Å². The first kappa shape index (κ1) is 14.9. The number of morpholine rings is 1. The molecule has 22 heavy (non-hydrogen) atoms. The van der Waals surface area contributed by atoms with Crippen molar-refractivity contribution in [1.82, 2.24) is 10.2 Å². The molecular formula is C15H15BrN4O2. The number of carbonyl (C=O) groups excluding carboxylic acids is 1. The number of benzene rings is 1. The minimum absolute atomic E-state index is 0.284. The fourth-order valence-corrected chi connectivity index (χ4v) is 2.54. The van der Waals surface area contributed by atoms with Crippen LogP contribution in [0.15, 0.2) is 40.9 Å². The summed E-state index contributed by atoms with van der Waals surface area (Å²) < 4.78 is 6.12. The van der Waals surface area contributed by atoms with Crippen molar-refractivity contribution >= 4 is 33.3 Å². The molecule has 1 fully saturated rings. The number of nitrogens with one attached hydrogen (secondary N) is 1. The number of nitrogens with zero attached hydrogens (tertiary/aromatic N) is 3. The molecule has 1 N–H and O–H groups in total. The molecule has 1 amide bonds. The highest BCUT2D eigenvalue weighted by Gasteiger charge is 2.15. The number of ether oxygens (including phenoxy) is 1. The van der Waals surface area contributed by atoms with Crippen molar-refractivity contribution in [1.29, 1.82) is 0 Å². The Labute approximate surface area is 136 Å². The zero-order chi connectivity index (χ0) is 15.4. The van der Waals surface area contributed by atoms with Gasteiger partial charge >= 0.3 is 0 Å². The van der Waals surface area contributed by atoms with Crippen molar-refractivity contribution in [2.45, 2.75) is 0 Å². The van der Waals surface area contributed by atoms with Crippen LogP contribution in [0.1, 0.15) is 10.5 Å². The molecule has 1 aliphatic rings. The molecule has 0 unspecified atom stereocenters. The molecule has 0 saturated carbocycles. The Kier molecular flexibility index (Phi) is 4.65. The average molecular weight is 363 g/mol. The summed E-state index contributed by atoms with van der Waals surface area (Å²) in [5.41, 5.74) is 0.985. The second-order valence-electron chi connectivity index (χ2n) is 4.81. The second kappa shape index (κ2) is 6.85. The van der Waals surface area contributed by atoms with Gasteiger partial charge in [-0.3, -0.25) is 4.79 Å². The molecule has 1 saturated heterocycles. The van der Waals surface area contributed by atoms with Crippen LogP contribution in [0, 0.1) is 0 Å². The highest BCUT2D eigenvalue weighted by Crippen LogP contribution is 2.21. The highest BCUT2D eigenvalue weighted by molar-refractivity contribution is 9.10. The minimum Gasteiger partial charge on any atom is -0.378 e. The molecular weight excluding hydrogens is 348 g/mol. The molecule has 0 bridgehead atoms. The Morgan fingerprint density at radius 1 is 1.14 bits per heavy atom. The summed E-state index contributed by atoms with van der Waals surface area (Å²) in [4.78, 5) is 14.3. The molecule has 0 radical (unpaired) electrons. The van der Waals surface area contributed by atoms with Crippen molar-refractivity contribution in [2.24, 2.45) is 0 Å². The number of amides is 1. The van der Waals surface area contributed by atoms with Crippen LogP contribution in [0.4, 0.5) is 11.5 Å². The van der Waals surface area contributed by atoms with Crippen LogP contribution in [0.25, 0.3) is 0 Å². The van der Waals surface area contributed by atoms with Gasteiger partial charge in [0.05, 0.1) is 18.9 Å². The zero-order valence-electron chi connectivity index (χ0n) is 11.8. The molecule has 2 aromatic rings. The number of hydrogen-bond acceptors (Lipinski definition) is 5. The highest BCUT2D eigenvalue weighted by atomic mass is 79.9. The third kappa shape index (κ3) is 3.42. The predicted octanol–water partition coefficient (Wildman–Crippen LogP) is 2.33. The smallest absolute Gasteiger partial charge is 0.276 e. The lowest BCUT2D eigenvalue weighted by Gasteiger charge is -2.27. The van der Waals surface area contributed by atoms with Crippen LogP contribution in [-0.4, -0.2) is 42.4 Å². The van der Waals surface area contributed by atoms with E-state index in [1.54, 1.807) is 6.07 Å². The standard InChI is InChI=1S/C15H15BrN4O2/c16-11-3-1-2-4-12(11)17-15(21)13-5-6-14(19-18-13)20-7-9-22-10-8-20/h1-6H,7-10H2,(H,17,21). The van der Waals surface area contributed by atoms with Gasteiger partial charge in [-0.05, 0) is 40.2 Å². The molecule has 2 heterocycles. The van der Waals surface area contributed by atoms with E-state index in [9.17, 15) is 4.79 Å². The largest absolute Gasteiger partial charge is 0.378 e. The molecule has 114 valence electrons. The molecule has 7 heteroatoms. The van der Waals surface area contributed by atoms with Gasteiger partial charge < -0.3 is 15.0 Å². The maximum absolute atomic E-state index is 12.2. The zero-order valence-corrected chi connectivity index (χ0v) is 13.4. The first-order valence-electron chi connectivity index (χ1n) is 6.96. The van der Waals surface area contributed by atoms with E-state index in [4.69, 9.17) is 4.74 Å². The van der Waals surface area contributed by atoms with Gasteiger partial charge in [-0.2, -0.15) is 0 Å². The van der Waals surface area contributed by atoms with Crippen molar-refractivity contribution < 1.29 is 9.53 Å². The first-order valence-corrected chi connectivity index (χ1v) is 7.75. The van der Waals surface area contributed by atoms with Gasteiger partial charge in [-0.1, -0.05) is 12.1 Å². The number of rotatable bonds is 3.